The van der Waals surface area contributed by atoms with Crippen LogP contribution >= 0.6 is 11.8 Å². The Morgan fingerprint density at radius 3 is 2.60 bits per heavy atom. The molecule has 1 aliphatic carbocycles. The average Bonchev–Trinajstić information content (AvgIpc) is 2.95. The minimum atomic E-state index is -4.55. The Morgan fingerprint density at radius 2 is 1.93 bits per heavy atom. The Hall–Kier alpha value is -3.05. The number of hydrogen-bond acceptors (Lipinski definition) is 6. The van der Waals surface area contributed by atoms with Gasteiger partial charge in [-0.05, 0) is 49.3 Å². The largest absolute Gasteiger partial charge is 0.459 e. The number of nitrogens with zero attached hydrogens (tertiary/aromatic N) is 2. The SMILES string of the molecule is C=CS/C(=C(/Oc1c(C)cc(NS(=O)CC(F)(F)F)c2ccccc12)C(C)CC)c1ccnc(NC2CCCCC2)n1. The van der Waals surface area contributed by atoms with Gasteiger partial charge in [-0.15, -0.1) is 0 Å². The summed E-state index contributed by atoms with van der Waals surface area (Å²) in [6, 6.07) is 11.1. The number of fused-ring (bicyclic) bond motifs is 1. The minimum Gasteiger partial charge on any atom is -0.459 e. The predicted molar refractivity (Wildman–Crippen MR) is 169 cm³/mol. The van der Waals surface area contributed by atoms with E-state index >= 15 is 0 Å². The maximum absolute atomic E-state index is 12.9. The number of anilines is 2. The molecule has 226 valence electrons. The Balaban J connectivity index is 1.76. The maximum atomic E-state index is 12.9. The van der Waals surface area contributed by atoms with Gasteiger partial charge in [0.05, 0.1) is 16.3 Å². The van der Waals surface area contributed by atoms with E-state index in [-0.39, 0.29) is 5.92 Å². The topological polar surface area (TPSA) is 76.1 Å². The quantitative estimate of drug-likeness (QED) is 0.197. The van der Waals surface area contributed by atoms with E-state index in [1.807, 2.05) is 25.1 Å². The fraction of sp³-hybridized carbons (Fsp3) is 0.419. The zero-order valence-corrected chi connectivity index (χ0v) is 25.7. The van der Waals surface area contributed by atoms with Crippen LogP contribution in [-0.2, 0) is 11.0 Å². The first-order valence-electron chi connectivity index (χ1n) is 14.1. The van der Waals surface area contributed by atoms with Crippen LogP contribution in [0.3, 0.4) is 0 Å². The van der Waals surface area contributed by atoms with Crippen LogP contribution in [0.25, 0.3) is 15.7 Å². The van der Waals surface area contributed by atoms with Crippen molar-refractivity contribution in [2.45, 2.75) is 71.5 Å². The molecular formula is C31H37F3N4O2S2. The molecule has 3 aromatic rings. The van der Waals surface area contributed by atoms with Crippen LogP contribution in [0.2, 0.25) is 0 Å². The van der Waals surface area contributed by atoms with Crippen molar-refractivity contribution in [2.24, 2.45) is 5.92 Å². The molecule has 11 heteroatoms. The molecule has 1 aliphatic rings. The summed E-state index contributed by atoms with van der Waals surface area (Å²) in [5.74, 6) is 0.420. The van der Waals surface area contributed by atoms with E-state index in [4.69, 9.17) is 9.72 Å². The van der Waals surface area contributed by atoms with Gasteiger partial charge >= 0.3 is 6.18 Å². The molecule has 1 aromatic heterocycles. The Kier molecular flexibility index (Phi) is 10.9. The fourth-order valence-electron chi connectivity index (χ4n) is 4.99. The van der Waals surface area contributed by atoms with Crippen LogP contribution in [0.5, 0.6) is 5.75 Å². The first-order chi connectivity index (χ1) is 20.1. The highest BCUT2D eigenvalue weighted by molar-refractivity contribution is 8.10. The molecule has 2 aromatic carbocycles. The highest BCUT2D eigenvalue weighted by Crippen LogP contribution is 2.41. The van der Waals surface area contributed by atoms with Gasteiger partial charge in [-0.3, -0.25) is 0 Å². The molecule has 2 unspecified atom stereocenters. The second kappa shape index (κ2) is 14.4. The van der Waals surface area contributed by atoms with E-state index in [2.05, 4.69) is 35.4 Å². The van der Waals surface area contributed by atoms with Gasteiger partial charge in [0.25, 0.3) is 0 Å². The molecule has 4 rings (SSSR count). The number of halogens is 3. The lowest BCUT2D eigenvalue weighted by Crippen LogP contribution is -2.23. The van der Waals surface area contributed by atoms with Gasteiger partial charge in [-0.2, -0.15) is 13.2 Å². The van der Waals surface area contributed by atoms with Crippen molar-refractivity contribution in [3.63, 3.8) is 0 Å². The third-order valence-electron chi connectivity index (χ3n) is 7.22. The monoisotopic (exact) mass is 618 g/mol. The van der Waals surface area contributed by atoms with Crippen LogP contribution in [0, 0.1) is 12.8 Å². The van der Waals surface area contributed by atoms with Gasteiger partial charge < -0.3 is 14.8 Å². The third-order valence-corrected chi connectivity index (χ3v) is 9.07. The lowest BCUT2D eigenvalue weighted by atomic mass is 9.96. The Morgan fingerprint density at radius 1 is 1.21 bits per heavy atom. The summed E-state index contributed by atoms with van der Waals surface area (Å²) in [4.78, 5) is 10.1. The summed E-state index contributed by atoms with van der Waals surface area (Å²) < 4.78 is 60.1. The van der Waals surface area contributed by atoms with Crippen molar-refractivity contribution in [1.82, 2.24) is 9.97 Å². The van der Waals surface area contributed by atoms with Crippen molar-refractivity contribution in [1.29, 1.82) is 0 Å². The molecule has 42 heavy (non-hydrogen) atoms. The summed E-state index contributed by atoms with van der Waals surface area (Å²) in [5, 5.41) is 6.54. The molecule has 0 aliphatic heterocycles. The number of nitrogens with one attached hydrogen (secondary N) is 2. The third kappa shape index (κ3) is 8.28. The number of rotatable bonds is 12. The fourth-order valence-corrected chi connectivity index (χ4v) is 6.54. The Labute approximate surface area is 252 Å². The zero-order valence-electron chi connectivity index (χ0n) is 24.1. The van der Waals surface area contributed by atoms with Crippen LogP contribution in [0.1, 0.15) is 63.6 Å². The van der Waals surface area contributed by atoms with Gasteiger partial charge in [0.15, 0.2) is 0 Å². The molecule has 2 N–H and O–H groups in total. The van der Waals surface area contributed by atoms with E-state index < -0.39 is 22.9 Å². The van der Waals surface area contributed by atoms with E-state index in [0.717, 1.165) is 24.2 Å². The smallest absolute Gasteiger partial charge is 0.402 e. The van der Waals surface area contributed by atoms with Crippen molar-refractivity contribution in [3.05, 3.63) is 71.6 Å². The van der Waals surface area contributed by atoms with E-state index in [1.54, 1.807) is 29.8 Å². The van der Waals surface area contributed by atoms with Crippen molar-refractivity contribution >= 4 is 50.1 Å². The van der Waals surface area contributed by atoms with Crippen molar-refractivity contribution < 1.29 is 22.1 Å². The van der Waals surface area contributed by atoms with Crippen LogP contribution in [0.4, 0.5) is 24.8 Å². The van der Waals surface area contributed by atoms with Crippen LogP contribution in [-0.4, -0.2) is 32.1 Å². The van der Waals surface area contributed by atoms with Crippen molar-refractivity contribution in [2.75, 3.05) is 15.8 Å². The molecule has 1 saturated carbocycles. The van der Waals surface area contributed by atoms with Crippen molar-refractivity contribution in [3.8, 4) is 5.75 Å². The minimum absolute atomic E-state index is 0.00687. The molecule has 0 saturated heterocycles. The number of aromatic nitrogens is 2. The van der Waals surface area contributed by atoms with E-state index in [1.165, 1.54) is 31.0 Å². The van der Waals surface area contributed by atoms with Gasteiger partial charge in [0.1, 0.15) is 28.2 Å². The zero-order chi connectivity index (χ0) is 30.3. The summed E-state index contributed by atoms with van der Waals surface area (Å²) in [5.41, 5.74) is 1.75. The number of allylic oxidation sites excluding steroid dienone is 1. The number of thioether (sulfide) groups is 1. The molecule has 0 amide bonds. The number of ether oxygens (including phenoxy) is 1. The second-order valence-electron chi connectivity index (χ2n) is 10.5. The number of hydrogen-bond donors (Lipinski definition) is 2. The Bertz CT molecular complexity index is 1460. The van der Waals surface area contributed by atoms with E-state index in [9.17, 15) is 17.4 Å². The van der Waals surface area contributed by atoms with Gasteiger partial charge in [0.2, 0.25) is 5.95 Å². The number of aryl methyl sites for hydroxylation is 1. The molecular weight excluding hydrogens is 581 g/mol. The lowest BCUT2D eigenvalue weighted by Gasteiger charge is -2.24. The summed E-state index contributed by atoms with van der Waals surface area (Å²) in [6.45, 7) is 9.93. The number of benzene rings is 2. The predicted octanol–water partition coefficient (Wildman–Crippen LogP) is 8.99. The van der Waals surface area contributed by atoms with E-state index in [0.29, 0.717) is 51.2 Å². The number of alkyl halides is 3. The highest BCUT2D eigenvalue weighted by atomic mass is 32.2. The molecule has 1 heterocycles. The average molecular weight is 619 g/mol. The summed E-state index contributed by atoms with van der Waals surface area (Å²) >= 11 is 1.42. The van der Waals surface area contributed by atoms with Gasteiger partial charge in [-0.25, -0.2) is 14.2 Å². The van der Waals surface area contributed by atoms with Gasteiger partial charge in [-0.1, -0.05) is 75.7 Å². The first kappa shape index (κ1) is 31.9. The standard InChI is InChI=1S/C31H37F3N4O2S2/c1-5-20(3)28(29(41-6-2)25-16-17-35-30(37-25)36-22-12-8-7-9-13-22)40-27-21(4)18-26(23-14-10-11-15-24(23)27)38-42(39)19-31(32,33)34/h6,10-11,14-18,20,22,38H,2,5,7-9,12-13,19H2,1,3-4H3,(H,35,36,37)/b29-28+. The van der Waals surface area contributed by atoms with Gasteiger partial charge in [0, 0.05) is 28.9 Å². The first-order valence-corrected chi connectivity index (χ1v) is 16.3. The summed E-state index contributed by atoms with van der Waals surface area (Å²) in [6.07, 6.45) is 3.83. The molecule has 1 fully saturated rings. The summed E-state index contributed by atoms with van der Waals surface area (Å²) in [7, 11) is -2.33. The molecule has 0 bridgehead atoms. The second-order valence-corrected chi connectivity index (χ2v) is 12.6. The van der Waals surface area contributed by atoms with Crippen LogP contribution < -0.4 is 14.8 Å². The lowest BCUT2D eigenvalue weighted by molar-refractivity contribution is -0.105. The van der Waals surface area contributed by atoms with Crippen LogP contribution in [0.15, 0.2) is 60.3 Å². The molecule has 0 spiro atoms. The molecule has 2 atom stereocenters. The molecule has 6 nitrogen and oxygen atoms in total. The normalized spacial score (nSPS) is 16.4. The highest BCUT2D eigenvalue weighted by Gasteiger charge is 2.31. The molecule has 0 radical (unpaired) electrons. The maximum Gasteiger partial charge on any atom is 0.402 e.